The van der Waals surface area contributed by atoms with E-state index in [1.807, 2.05) is 73.7 Å². The summed E-state index contributed by atoms with van der Waals surface area (Å²) in [7, 11) is 1.61. The maximum atomic E-state index is 13.5. The molecule has 3 rings (SSSR count). The Balaban J connectivity index is 1.88. The Labute approximate surface area is 200 Å². The van der Waals surface area contributed by atoms with Crippen molar-refractivity contribution >= 4 is 23.4 Å². The highest BCUT2D eigenvalue weighted by molar-refractivity contribution is 6.30. The molecule has 5 nitrogen and oxygen atoms in total. The van der Waals surface area contributed by atoms with Gasteiger partial charge in [-0.15, -0.1) is 0 Å². The number of halogens is 1. The third-order valence-corrected chi connectivity index (χ3v) is 5.60. The first-order valence-corrected chi connectivity index (χ1v) is 11.4. The molecule has 3 aromatic carbocycles. The lowest BCUT2D eigenvalue weighted by Gasteiger charge is -2.31. The molecule has 0 heterocycles. The summed E-state index contributed by atoms with van der Waals surface area (Å²) >= 11 is 6.04. The lowest BCUT2D eigenvalue weighted by molar-refractivity contribution is -0.141. The molecule has 6 heteroatoms. The first kappa shape index (κ1) is 24.3. The standard InChI is InChI=1S/C27H29ClN2O3/c1-3-7-25(31)30(19-21-10-14-23(28)15-11-21)26(22-8-5-4-6-9-22)27(32)29-18-20-12-16-24(33-2)17-13-20/h4-6,8-17,26H,3,7,18-19H2,1-2H3,(H,29,32). The van der Waals surface area contributed by atoms with Crippen LogP contribution in [0.4, 0.5) is 0 Å². The van der Waals surface area contributed by atoms with Crippen LogP contribution < -0.4 is 10.1 Å². The average molecular weight is 465 g/mol. The van der Waals surface area contributed by atoms with Crippen LogP contribution in [0.25, 0.3) is 0 Å². The van der Waals surface area contributed by atoms with Crippen molar-refractivity contribution in [2.24, 2.45) is 0 Å². The molecule has 0 aromatic heterocycles. The molecular weight excluding hydrogens is 436 g/mol. The van der Waals surface area contributed by atoms with Gasteiger partial charge in [0, 0.05) is 24.5 Å². The zero-order valence-electron chi connectivity index (χ0n) is 19.0. The van der Waals surface area contributed by atoms with Gasteiger partial charge in [0.25, 0.3) is 0 Å². The molecule has 0 aliphatic heterocycles. The van der Waals surface area contributed by atoms with E-state index in [0.29, 0.717) is 31.0 Å². The molecule has 3 aromatic rings. The number of nitrogens with zero attached hydrogens (tertiary/aromatic N) is 1. The van der Waals surface area contributed by atoms with Gasteiger partial charge in [-0.3, -0.25) is 9.59 Å². The van der Waals surface area contributed by atoms with E-state index in [-0.39, 0.29) is 11.8 Å². The number of amides is 2. The van der Waals surface area contributed by atoms with Crippen molar-refractivity contribution in [3.8, 4) is 5.75 Å². The highest BCUT2D eigenvalue weighted by Crippen LogP contribution is 2.25. The number of methoxy groups -OCH3 is 1. The Morgan fingerprint density at radius 3 is 2.18 bits per heavy atom. The quantitative estimate of drug-likeness (QED) is 0.429. The minimum atomic E-state index is -0.751. The Morgan fingerprint density at radius 1 is 0.939 bits per heavy atom. The highest BCUT2D eigenvalue weighted by Gasteiger charge is 2.31. The van der Waals surface area contributed by atoms with Crippen molar-refractivity contribution in [2.75, 3.05) is 7.11 Å². The number of benzene rings is 3. The van der Waals surface area contributed by atoms with E-state index in [1.54, 1.807) is 24.1 Å². The van der Waals surface area contributed by atoms with Crippen molar-refractivity contribution in [1.82, 2.24) is 10.2 Å². The topological polar surface area (TPSA) is 58.6 Å². The minimum absolute atomic E-state index is 0.0686. The van der Waals surface area contributed by atoms with Crippen LogP contribution in [0.2, 0.25) is 5.02 Å². The second-order valence-corrected chi connectivity index (χ2v) is 8.21. The summed E-state index contributed by atoms with van der Waals surface area (Å²) in [4.78, 5) is 28.3. The number of hydrogen-bond donors (Lipinski definition) is 1. The predicted molar refractivity (Wildman–Crippen MR) is 131 cm³/mol. The molecule has 0 spiro atoms. The molecule has 1 unspecified atom stereocenters. The molecule has 172 valence electrons. The largest absolute Gasteiger partial charge is 0.497 e. The first-order chi connectivity index (χ1) is 16.0. The summed E-state index contributed by atoms with van der Waals surface area (Å²) in [5, 5.41) is 3.64. The fourth-order valence-corrected chi connectivity index (χ4v) is 3.73. The summed E-state index contributed by atoms with van der Waals surface area (Å²) in [6, 6.07) is 23.5. The van der Waals surface area contributed by atoms with Crippen molar-refractivity contribution in [3.05, 3.63) is 101 Å². The first-order valence-electron chi connectivity index (χ1n) is 11.0. The van der Waals surface area contributed by atoms with E-state index in [1.165, 1.54) is 0 Å². The molecule has 2 amide bonds. The maximum absolute atomic E-state index is 13.5. The molecule has 0 radical (unpaired) electrons. The van der Waals surface area contributed by atoms with Crippen molar-refractivity contribution < 1.29 is 14.3 Å². The lowest BCUT2D eigenvalue weighted by Crippen LogP contribution is -2.43. The summed E-state index contributed by atoms with van der Waals surface area (Å²) in [6.45, 7) is 2.62. The smallest absolute Gasteiger partial charge is 0.247 e. The van der Waals surface area contributed by atoms with Gasteiger partial charge in [-0.05, 0) is 47.4 Å². The van der Waals surface area contributed by atoms with Crippen LogP contribution in [0.3, 0.4) is 0 Å². The molecule has 1 atom stereocenters. The van der Waals surface area contributed by atoms with Crippen molar-refractivity contribution in [2.45, 2.75) is 38.9 Å². The van der Waals surface area contributed by atoms with Crippen LogP contribution in [0.5, 0.6) is 5.75 Å². The second kappa shape index (κ2) is 12.1. The van der Waals surface area contributed by atoms with E-state index in [2.05, 4.69) is 5.32 Å². The maximum Gasteiger partial charge on any atom is 0.247 e. The zero-order valence-corrected chi connectivity index (χ0v) is 19.7. The van der Waals surface area contributed by atoms with Crippen molar-refractivity contribution in [3.63, 3.8) is 0 Å². The van der Waals surface area contributed by atoms with Crippen LogP contribution in [0.15, 0.2) is 78.9 Å². The number of rotatable bonds is 10. The van der Waals surface area contributed by atoms with Gasteiger partial charge in [0.15, 0.2) is 0 Å². The molecule has 1 N–H and O–H groups in total. The Bertz CT molecular complexity index is 1040. The third-order valence-electron chi connectivity index (χ3n) is 5.35. The minimum Gasteiger partial charge on any atom is -0.497 e. The van der Waals surface area contributed by atoms with E-state index in [9.17, 15) is 9.59 Å². The number of carbonyl (C=O) groups is 2. The monoisotopic (exact) mass is 464 g/mol. The van der Waals surface area contributed by atoms with Crippen LogP contribution in [0, 0.1) is 0 Å². The van der Waals surface area contributed by atoms with E-state index in [4.69, 9.17) is 16.3 Å². The normalized spacial score (nSPS) is 11.5. The molecular formula is C27H29ClN2O3. The molecule has 0 saturated carbocycles. The molecule has 0 saturated heterocycles. The van der Waals surface area contributed by atoms with Crippen LogP contribution >= 0.6 is 11.6 Å². The third kappa shape index (κ3) is 6.83. The number of nitrogens with one attached hydrogen (secondary N) is 1. The van der Waals surface area contributed by atoms with E-state index < -0.39 is 6.04 Å². The zero-order chi connectivity index (χ0) is 23.6. The number of carbonyl (C=O) groups excluding carboxylic acids is 2. The number of ether oxygens (including phenoxy) is 1. The van der Waals surface area contributed by atoms with E-state index in [0.717, 1.165) is 22.4 Å². The highest BCUT2D eigenvalue weighted by atomic mass is 35.5. The lowest BCUT2D eigenvalue weighted by atomic mass is 10.0. The Morgan fingerprint density at radius 2 is 1.58 bits per heavy atom. The van der Waals surface area contributed by atoms with Gasteiger partial charge in [-0.25, -0.2) is 0 Å². The molecule has 0 aliphatic carbocycles. The van der Waals surface area contributed by atoms with Gasteiger partial charge in [0.1, 0.15) is 11.8 Å². The van der Waals surface area contributed by atoms with Gasteiger partial charge in [0.2, 0.25) is 11.8 Å². The predicted octanol–water partition coefficient (Wildman–Crippen LogP) is 5.54. The summed E-state index contributed by atoms with van der Waals surface area (Å²) in [5.41, 5.74) is 2.62. The molecule has 0 bridgehead atoms. The van der Waals surface area contributed by atoms with Crippen molar-refractivity contribution in [1.29, 1.82) is 0 Å². The van der Waals surface area contributed by atoms with Crippen LogP contribution in [0.1, 0.15) is 42.5 Å². The summed E-state index contributed by atoms with van der Waals surface area (Å²) in [5.74, 6) is 0.461. The van der Waals surface area contributed by atoms with Gasteiger partial charge in [0.05, 0.1) is 7.11 Å². The number of hydrogen-bond acceptors (Lipinski definition) is 3. The Hall–Kier alpha value is -3.31. The molecule has 33 heavy (non-hydrogen) atoms. The van der Waals surface area contributed by atoms with Gasteiger partial charge >= 0.3 is 0 Å². The SMILES string of the molecule is CCCC(=O)N(Cc1ccc(Cl)cc1)C(C(=O)NCc1ccc(OC)cc1)c1ccccc1. The van der Waals surface area contributed by atoms with Gasteiger partial charge in [-0.1, -0.05) is 73.1 Å². The molecule has 0 fully saturated rings. The summed E-state index contributed by atoms with van der Waals surface area (Å²) < 4.78 is 5.20. The fraction of sp³-hybridized carbons (Fsp3) is 0.259. The average Bonchev–Trinajstić information content (AvgIpc) is 2.84. The summed E-state index contributed by atoms with van der Waals surface area (Å²) in [6.07, 6.45) is 1.06. The Kier molecular flexibility index (Phi) is 8.90. The molecule has 0 aliphatic rings. The second-order valence-electron chi connectivity index (χ2n) is 7.78. The van der Waals surface area contributed by atoms with E-state index >= 15 is 0 Å². The van der Waals surface area contributed by atoms with Gasteiger partial charge in [-0.2, -0.15) is 0 Å². The fourth-order valence-electron chi connectivity index (χ4n) is 3.60. The van der Waals surface area contributed by atoms with Crippen LogP contribution in [-0.2, 0) is 22.7 Å². The van der Waals surface area contributed by atoms with Crippen LogP contribution in [-0.4, -0.2) is 23.8 Å². The van der Waals surface area contributed by atoms with Gasteiger partial charge < -0.3 is 15.0 Å².